The van der Waals surface area contributed by atoms with Gasteiger partial charge in [0.1, 0.15) is 34.5 Å². The first-order valence-corrected chi connectivity index (χ1v) is 20.8. The summed E-state index contributed by atoms with van der Waals surface area (Å²) >= 11 is 0. The number of carbonyl (C=O) groups is 4. The van der Waals surface area contributed by atoms with Gasteiger partial charge in [-0.05, 0) is 54.8 Å². The molecule has 0 saturated heterocycles. The fourth-order valence-corrected chi connectivity index (χ4v) is 7.49. The van der Waals surface area contributed by atoms with Crippen molar-refractivity contribution in [2.75, 3.05) is 82.0 Å². The molecule has 4 aromatic rings. The zero-order chi connectivity index (χ0) is 48.3. The first-order valence-electron chi connectivity index (χ1n) is 20.8. The van der Waals surface area contributed by atoms with E-state index in [0.717, 1.165) is 22.6 Å². The number of benzene rings is 2. The Bertz CT molecular complexity index is 2080. The zero-order valence-electron chi connectivity index (χ0n) is 40.2. The molecule has 0 spiro atoms. The number of rotatable bonds is 30. The first-order chi connectivity index (χ1) is 31.6. The number of aromatic nitrogens is 2. The van der Waals surface area contributed by atoms with Gasteiger partial charge in [0.2, 0.25) is 0 Å². The second-order valence-electron chi connectivity index (χ2n) is 15.1. The van der Waals surface area contributed by atoms with Crippen molar-refractivity contribution in [1.82, 2.24) is 24.7 Å². The van der Waals surface area contributed by atoms with Gasteiger partial charge in [-0.3, -0.25) is 24.7 Å². The summed E-state index contributed by atoms with van der Waals surface area (Å²) < 4.78 is 34.0. The Hall–Kier alpha value is -3.47. The number of methoxy groups -OCH3 is 6. The molecule has 2 heterocycles. The number of pyridine rings is 2. The molecule has 0 aliphatic carbocycles. The first kappa shape index (κ1) is 63.5. The molecule has 23 heteroatoms. The van der Waals surface area contributed by atoms with Crippen LogP contribution in [0.3, 0.4) is 0 Å². The van der Waals surface area contributed by atoms with Gasteiger partial charge in [-0.15, -0.1) is 0 Å². The maximum atomic E-state index is 11.7. The van der Waals surface area contributed by atoms with E-state index in [-0.39, 0.29) is 130 Å². The van der Waals surface area contributed by atoms with E-state index in [2.05, 4.69) is 4.90 Å². The average molecular weight is 1130 g/mol. The molecule has 0 bridgehead atoms. The van der Waals surface area contributed by atoms with Gasteiger partial charge < -0.3 is 73.1 Å². The van der Waals surface area contributed by atoms with Crippen LogP contribution in [0.2, 0.25) is 0 Å². The van der Waals surface area contributed by atoms with Crippen LogP contribution < -0.4 is 108 Å². The number of hydrogen-bond donors (Lipinski definition) is 1. The van der Waals surface area contributed by atoms with Gasteiger partial charge in [-0.1, -0.05) is 12.8 Å². The molecule has 0 saturated carbocycles. The number of aliphatic hydroxyl groups is 1. The van der Waals surface area contributed by atoms with E-state index in [9.17, 15) is 44.7 Å². The van der Waals surface area contributed by atoms with E-state index >= 15 is 0 Å². The van der Waals surface area contributed by atoms with Gasteiger partial charge in [-0.25, -0.2) is 0 Å². The minimum atomic E-state index is -1.50. The Morgan fingerprint density at radius 3 is 1.01 bits per heavy atom. The van der Waals surface area contributed by atoms with Crippen LogP contribution in [0, 0.1) is 38.2 Å². The van der Waals surface area contributed by atoms with Gasteiger partial charge in [0, 0.05) is 121 Å². The van der Waals surface area contributed by atoms with Crippen molar-refractivity contribution in [2.24, 2.45) is 0 Å². The third kappa shape index (κ3) is 20.3. The Morgan fingerprint density at radius 2 is 0.754 bits per heavy atom. The number of carboxylic acid groups (broad SMARTS) is 4. The third-order valence-corrected chi connectivity index (χ3v) is 10.2. The second kappa shape index (κ2) is 32.5. The maximum absolute atomic E-state index is 11.7. The monoisotopic (exact) mass is 1130 g/mol. The van der Waals surface area contributed by atoms with Crippen LogP contribution >= 0.6 is 0 Å². The Kier molecular flexibility index (Phi) is 29.9. The summed E-state index contributed by atoms with van der Waals surface area (Å²) in [4.78, 5) is 60.9. The van der Waals surface area contributed by atoms with Gasteiger partial charge in [0.15, 0.2) is 0 Å². The summed E-state index contributed by atoms with van der Waals surface area (Å²) in [5, 5.41) is 56.3. The average Bonchev–Trinajstić information content (AvgIpc) is 3.26. The summed E-state index contributed by atoms with van der Waals surface area (Å²) in [7, 11) is 8.89. The summed E-state index contributed by atoms with van der Waals surface area (Å²) in [6.07, 6.45) is 2.81. The van der Waals surface area contributed by atoms with Gasteiger partial charge in [0.25, 0.3) is 0 Å². The maximum Gasteiger partial charge on any atom is 1.00 e. The largest absolute Gasteiger partial charge is 1.00 e. The van der Waals surface area contributed by atoms with E-state index in [1.807, 2.05) is 0 Å². The summed E-state index contributed by atoms with van der Waals surface area (Å²) in [6.45, 7) is -2.51. The molecule has 0 unspecified atom stereocenters. The number of aliphatic hydroxyl groups excluding tert-OH is 1. The van der Waals surface area contributed by atoms with Gasteiger partial charge in [0.05, 0.1) is 100 Å². The molecular weight excluding hydrogens is 1070 g/mol. The number of ether oxygens (including phenoxy) is 6. The normalized spacial score (nSPS) is 10.7. The predicted octanol–water partition coefficient (Wildman–Crippen LogP) is -6.97. The van der Waals surface area contributed by atoms with Crippen molar-refractivity contribution in [1.29, 1.82) is 0 Å². The molecule has 20 nitrogen and oxygen atoms in total. The van der Waals surface area contributed by atoms with E-state index in [4.69, 9.17) is 38.4 Å². The van der Waals surface area contributed by atoms with Crippen molar-refractivity contribution in [3.05, 3.63) is 71.3 Å². The fraction of sp³-hybridized carbons (Fsp3) is 0.435. The predicted molar refractivity (Wildman–Crippen MR) is 229 cm³/mol. The molecule has 0 atom stereocenters. The standard InChI is InChI=1S/C46H59N5O15.Dy.2Na/c1-61-35-17-37(63-3)45(38(18-35)64-4)29-13-31(47-33(15-29)23-50(25-41(53)54)26-42(55)56)21-49(11-9-7-8-10-12-52)22-32-14-30(46-39(65-5)19-36(62-2)20-40(46)66-6)16-34(48-32)24-51(27-43(57)58)28-44(59)60;;;/h13-20,52H,7-12,21-28H2,1-6H3,(H,53,54)(H,55,56)(H,57,58)(H,59,60);;;/q;;2*+1/p-4. The molecule has 0 aliphatic rings. The molecule has 0 amide bonds. The smallest absolute Gasteiger partial charge is 0.549 e. The van der Waals surface area contributed by atoms with Crippen molar-refractivity contribution >= 4 is 23.9 Å². The number of carbonyl (C=O) groups excluding carboxylic acids is 4. The zero-order valence-corrected chi connectivity index (χ0v) is 46.3. The van der Waals surface area contributed by atoms with Crippen LogP contribution in [0.25, 0.3) is 22.3 Å². The van der Waals surface area contributed by atoms with Crippen molar-refractivity contribution in [3.63, 3.8) is 0 Å². The molecule has 69 heavy (non-hydrogen) atoms. The number of nitrogens with zero attached hydrogens (tertiary/aromatic N) is 5. The minimum Gasteiger partial charge on any atom is -0.549 e. The van der Waals surface area contributed by atoms with Crippen LogP contribution in [-0.2, 0) is 45.4 Å². The Labute approximate surface area is 476 Å². The van der Waals surface area contributed by atoms with Crippen molar-refractivity contribution < 1.29 is 170 Å². The summed E-state index contributed by atoms with van der Waals surface area (Å²) in [5.41, 5.74) is 3.64. The van der Waals surface area contributed by atoms with E-state index in [1.54, 1.807) is 48.5 Å². The van der Waals surface area contributed by atoms with Crippen LogP contribution in [0.1, 0.15) is 48.5 Å². The second-order valence-corrected chi connectivity index (χ2v) is 15.1. The van der Waals surface area contributed by atoms with Crippen LogP contribution in [0.15, 0.2) is 48.5 Å². The number of hydrogen-bond acceptors (Lipinski definition) is 20. The molecule has 368 valence electrons. The summed E-state index contributed by atoms with van der Waals surface area (Å²) in [6, 6.07) is 13.6. The fourth-order valence-electron chi connectivity index (χ4n) is 7.49. The molecule has 1 N–H and O–H groups in total. The summed E-state index contributed by atoms with van der Waals surface area (Å²) in [5.74, 6) is -3.60. The van der Waals surface area contributed by atoms with E-state index < -0.39 is 50.1 Å². The van der Waals surface area contributed by atoms with E-state index in [0.29, 0.717) is 98.9 Å². The number of carboxylic acids is 4. The van der Waals surface area contributed by atoms with Crippen molar-refractivity contribution in [2.45, 2.75) is 51.9 Å². The quantitative estimate of drug-likeness (QED) is 0.0375. The third-order valence-electron chi connectivity index (χ3n) is 10.2. The molecule has 0 aliphatic heterocycles. The molecule has 2 aromatic carbocycles. The molecular formula is C46H55DyN5Na2O15-2. The molecule has 0 radical (unpaired) electrons. The molecule has 4 rings (SSSR count). The van der Waals surface area contributed by atoms with Crippen LogP contribution in [0.5, 0.6) is 34.5 Å². The number of aliphatic carboxylic acids is 4. The van der Waals surface area contributed by atoms with Crippen LogP contribution in [0.4, 0.5) is 0 Å². The molecule has 2 aromatic heterocycles. The number of unbranched alkanes of at least 4 members (excludes halogenated alkanes) is 3. The Balaban J connectivity index is 0.00000793. The van der Waals surface area contributed by atoms with Gasteiger partial charge >= 0.3 is 59.1 Å². The van der Waals surface area contributed by atoms with E-state index in [1.165, 1.54) is 42.7 Å². The minimum absolute atomic E-state index is 0. The topological polar surface area (TPSA) is 272 Å². The SMILES string of the molecule is COc1cc(OC)c(-c2cc(CN(CC(=O)[O-])CC(=O)[O-])nc(CN(CCCCCCO)Cc3cc(-c4c(OC)cc(OC)cc4OC)cc(CN(CC(=O)[O-])CC(=O)[O-])n3)c2)c(OC)c1.[Dy].[Na+].[Na+]. The van der Waals surface area contributed by atoms with Crippen molar-refractivity contribution in [3.8, 4) is 56.8 Å². The Morgan fingerprint density at radius 1 is 0.464 bits per heavy atom. The van der Waals surface area contributed by atoms with Crippen LogP contribution in [-0.4, -0.2) is 136 Å². The molecule has 0 fully saturated rings. The van der Waals surface area contributed by atoms with Gasteiger partial charge in [-0.2, -0.15) is 0 Å².